The number of ether oxygens (including phenoxy) is 2. The molecule has 1 N–H and O–H groups in total. The molecule has 0 spiro atoms. The average molecular weight is 613 g/mol. The van der Waals surface area contributed by atoms with E-state index in [9.17, 15) is 14.7 Å². The molecule has 43 heavy (non-hydrogen) atoms. The maximum absolute atomic E-state index is 12.7. The van der Waals surface area contributed by atoms with Crippen molar-refractivity contribution in [3.63, 3.8) is 0 Å². The third-order valence-corrected chi connectivity index (χ3v) is 7.02. The maximum atomic E-state index is 12.7. The van der Waals surface area contributed by atoms with Crippen LogP contribution in [-0.2, 0) is 16.1 Å². The molecule has 0 aliphatic heterocycles. The lowest BCUT2D eigenvalue weighted by molar-refractivity contribution is -0.147. The Labute approximate surface area is 255 Å². The summed E-state index contributed by atoms with van der Waals surface area (Å²) >= 11 is 12.3. The Morgan fingerprint density at radius 3 is 2.40 bits per heavy atom. The first kappa shape index (κ1) is 28.1. The number of esters is 1. The van der Waals surface area contributed by atoms with E-state index in [0.717, 1.165) is 16.9 Å². The minimum absolute atomic E-state index is 0.0152. The average Bonchev–Trinajstić information content (AvgIpc) is 3.44. The number of halogens is 2. The normalized spacial score (nSPS) is 11.0. The zero-order valence-corrected chi connectivity index (χ0v) is 23.9. The molecule has 0 unspecified atom stereocenters. The molecule has 4 aromatic carbocycles. The predicted octanol–water partition coefficient (Wildman–Crippen LogP) is 7.45. The van der Waals surface area contributed by atoms with Gasteiger partial charge in [0.1, 0.15) is 40.5 Å². The molecule has 2 aromatic heterocycles. The van der Waals surface area contributed by atoms with Gasteiger partial charge >= 0.3 is 5.97 Å². The van der Waals surface area contributed by atoms with Crippen LogP contribution in [0.15, 0.2) is 112 Å². The van der Waals surface area contributed by atoms with E-state index < -0.39 is 18.0 Å². The number of aromatic nitrogens is 2. The van der Waals surface area contributed by atoms with Crippen LogP contribution in [0, 0.1) is 0 Å². The van der Waals surface area contributed by atoms with E-state index in [2.05, 4.69) is 5.10 Å². The van der Waals surface area contributed by atoms with Crippen LogP contribution in [0.3, 0.4) is 0 Å². The van der Waals surface area contributed by atoms with E-state index in [4.69, 9.17) is 37.1 Å². The van der Waals surface area contributed by atoms with Crippen LogP contribution < -0.4 is 10.2 Å². The van der Waals surface area contributed by atoms with Crippen molar-refractivity contribution in [2.45, 2.75) is 6.61 Å². The SMILES string of the molecule is O=C(COc1cc(O)c2c(=O)cc(-c3ccccc3)oc2c1)OCc1cc(-c2cccc(Cl)c2)n(-c2ccc(Cl)cc2)n1. The fourth-order valence-electron chi connectivity index (χ4n) is 4.54. The van der Waals surface area contributed by atoms with Gasteiger partial charge in [-0.2, -0.15) is 5.10 Å². The number of aromatic hydroxyl groups is 1. The summed E-state index contributed by atoms with van der Waals surface area (Å²) in [4.78, 5) is 25.3. The van der Waals surface area contributed by atoms with E-state index in [1.165, 1.54) is 18.2 Å². The molecule has 0 radical (unpaired) electrons. The van der Waals surface area contributed by atoms with Gasteiger partial charge in [0.05, 0.1) is 11.4 Å². The van der Waals surface area contributed by atoms with Crippen LogP contribution in [0.2, 0.25) is 10.0 Å². The summed E-state index contributed by atoms with van der Waals surface area (Å²) in [7, 11) is 0. The van der Waals surface area contributed by atoms with E-state index in [1.807, 2.05) is 54.6 Å². The molecule has 214 valence electrons. The van der Waals surface area contributed by atoms with E-state index in [0.29, 0.717) is 27.1 Å². The molecule has 0 aliphatic rings. The van der Waals surface area contributed by atoms with Crippen LogP contribution >= 0.6 is 23.2 Å². The number of carbonyl (C=O) groups is 1. The van der Waals surface area contributed by atoms with Gasteiger partial charge in [-0.15, -0.1) is 0 Å². The fraction of sp³-hybridized carbons (Fsp3) is 0.0606. The van der Waals surface area contributed by atoms with Crippen LogP contribution in [0.5, 0.6) is 11.5 Å². The van der Waals surface area contributed by atoms with Gasteiger partial charge in [0, 0.05) is 39.4 Å². The third kappa shape index (κ3) is 6.25. The molecule has 0 saturated carbocycles. The molecular formula is C33H22Cl2N2O6. The zero-order chi connectivity index (χ0) is 29.9. The van der Waals surface area contributed by atoms with Crippen molar-refractivity contribution in [3.8, 4) is 39.8 Å². The van der Waals surface area contributed by atoms with Gasteiger partial charge in [-0.05, 0) is 42.5 Å². The Morgan fingerprint density at radius 2 is 1.63 bits per heavy atom. The molecule has 0 saturated heterocycles. The quantitative estimate of drug-likeness (QED) is 0.178. The zero-order valence-electron chi connectivity index (χ0n) is 22.4. The summed E-state index contributed by atoms with van der Waals surface area (Å²) in [6, 6.07) is 29.4. The monoisotopic (exact) mass is 612 g/mol. The van der Waals surface area contributed by atoms with Crippen LogP contribution in [0.25, 0.3) is 39.2 Å². The van der Waals surface area contributed by atoms with Crippen molar-refractivity contribution in [1.29, 1.82) is 0 Å². The highest BCUT2D eigenvalue weighted by atomic mass is 35.5. The van der Waals surface area contributed by atoms with Crippen molar-refractivity contribution in [1.82, 2.24) is 9.78 Å². The number of phenols is 1. The van der Waals surface area contributed by atoms with E-state index in [-0.39, 0.29) is 29.1 Å². The lowest BCUT2D eigenvalue weighted by atomic mass is 10.1. The lowest BCUT2D eigenvalue weighted by Gasteiger charge is -2.09. The second-order valence-corrected chi connectivity index (χ2v) is 10.4. The first-order valence-corrected chi connectivity index (χ1v) is 13.9. The van der Waals surface area contributed by atoms with Crippen molar-refractivity contribution < 1.29 is 23.8 Å². The number of hydrogen-bond acceptors (Lipinski definition) is 7. The van der Waals surface area contributed by atoms with Gasteiger partial charge in [-0.25, -0.2) is 9.48 Å². The van der Waals surface area contributed by atoms with Crippen LogP contribution in [0.4, 0.5) is 0 Å². The number of carbonyl (C=O) groups excluding carboxylic acids is 1. The van der Waals surface area contributed by atoms with Crippen molar-refractivity contribution in [2.75, 3.05) is 6.61 Å². The number of hydrogen-bond donors (Lipinski definition) is 1. The number of benzene rings is 4. The summed E-state index contributed by atoms with van der Waals surface area (Å²) in [6.45, 7) is -0.568. The molecule has 8 nitrogen and oxygen atoms in total. The molecule has 10 heteroatoms. The summed E-state index contributed by atoms with van der Waals surface area (Å²) in [5, 5.41) is 16.3. The second-order valence-electron chi connectivity index (χ2n) is 9.53. The van der Waals surface area contributed by atoms with E-state index >= 15 is 0 Å². The van der Waals surface area contributed by atoms with E-state index in [1.54, 1.807) is 35.0 Å². The van der Waals surface area contributed by atoms with Crippen molar-refractivity contribution in [3.05, 3.63) is 129 Å². The molecule has 0 atom stereocenters. The molecule has 0 amide bonds. The fourth-order valence-corrected chi connectivity index (χ4v) is 4.86. The first-order valence-electron chi connectivity index (χ1n) is 13.1. The highest BCUT2D eigenvalue weighted by Gasteiger charge is 2.16. The molecular weight excluding hydrogens is 591 g/mol. The molecule has 0 bridgehead atoms. The minimum Gasteiger partial charge on any atom is -0.507 e. The van der Waals surface area contributed by atoms with Gasteiger partial charge < -0.3 is 19.0 Å². The molecule has 6 rings (SSSR count). The minimum atomic E-state index is -0.663. The Hall–Kier alpha value is -5.05. The lowest BCUT2D eigenvalue weighted by Crippen LogP contribution is -2.15. The molecule has 6 aromatic rings. The Morgan fingerprint density at radius 1 is 0.860 bits per heavy atom. The Balaban J connectivity index is 1.18. The standard InChI is InChI=1S/C33H22Cl2N2O6/c34-22-9-11-25(12-10-22)37-27(21-7-4-8-23(35)13-21)14-24(36-37)18-42-32(40)19-41-26-15-28(38)33-29(39)17-30(43-31(33)16-26)20-5-2-1-3-6-20/h1-17,38H,18-19H2. The van der Waals surface area contributed by atoms with Gasteiger partial charge in [0.15, 0.2) is 12.0 Å². The third-order valence-electron chi connectivity index (χ3n) is 6.53. The number of rotatable bonds is 8. The summed E-state index contributed by atoms with van der Waals surface area (Å²) < 4.78 is 18.6. The molecule has 2 heterocycles. The van der Waals surface area contributed by atoms with Crippen molar-refractivity contribution in [2.24, 2.45) is 0 Å². The maximum Gasteiger partial charge on any atom is 0.344 e. The second kappa shape index (κ2) is 12.1. The highest BCUT2D eigenvalue weighted by Crippen LogP contribution is 2.31. The Bertz CT molecular complexity index is 2000. The van der Waals surface area contributed by atoms with Crippen LogP contribution in [-0.4, -0.2) is 27.5 Å². The highest BCUT2D eigenvalue weighted by molar-refractivity contribution is 6.31. The number of nitrogens with zero attached hydrogens (tertiary/aromatic N) is 2. The molecule has 0 aliphatic carbocycles. The van der Waals surface area contributed by atoms with Crippen molar-refractivity contribution >= 4 is 40.1 Å². The van der Waals surface area contributed by atoms with Gasteiger partial charge in [-0.1, -0.05) is 65.7 Å². The molecule has 0 fully saturated rings. The number of phenolic OH excluding ortho intramolecular Hbond substituents is 1. The predicted molar refractivity (Wildman–Crippen MR) is 164 cm³/mol. The van der Waals surface area contributed by atoms with Gasteiger partial charge in [0.25, 0.3) is 0 Å². The summed E-state index contributed by atoms with van der Waals surface area (Å²) in [5.74, 6) is -0.519. The van der Waals surface area contributed by atoms with Gasteiger partial charge in [-0.3, -0.25) is 4.79 Å². The Kier molecular flexibility index (Phi) is 7.87. The topological polar surface area (TPSA) is 104 Å². The summed E-state index contributed by atoms with van der Waals surface area (Å²) in [6.07, 6.45) is 0. The number of fused-ring (bicyclic) bond motifs is 1. The smallest absolute Gasteiger partial charge is 0.344 e. The van der Waals surface area contributed by atoms with Crippen LogP contribution in [0.1, 0.15) is 5.69 Å². The first-order chi connectivity index (χ1) is 20.8. The van der Waals surface area contributed by atoms with Gasteiger partial charge in [0.2, 0.25) is 0 Å². The summed E-state index contributed by atoms with van der Waals surface area (Å²) in [5.41, 5.74) is 3.25. The largest absolute Gasteiger partial charge is 0.507 e.